The number of anilines is 1. The van der Waals surface area contributed by atoms with Crippen molar-refractivity contribution in [1.82, 2.24) is 4.90 Å². The van der Waals surface area contributed by atoms with Crippen molar-refractivity contribution in [3.63, 3.8) is 0 Å². The molecule has 0 unspecified atom stereocenters. The number of amidine groups is 1. The number of benzene rings is 1. The number of carbonyl (C=O) groups is 1. The van der Waals surface area contributed by atoms with Crippen LogP contribution in [0.4, 0.5) is 5.69 Å². The van der Waals surface area contributed by atoms with Crippen molar-refractivity contribution in [3.8, 4) is 0 Å². The summed E-state index contributed by atoms with van der Waals surface area (Å²) < 4.78 is 1.05. The molecule has 1 aromatic carbocycles. The molecule has 2 heterocycles. The Kier molecular flexibility index (Phi) is 5.09. The van der Waals surface area contributed by atoms with Gasteiger partial charge in [-0.15, -0.1) is 0 Å². The maximum Gasteiger partial charge on any atom is 0.277 e. The smallest absolute Gasteiger partial charge is 0.277 e. The van der Waals surface area contributed by atoms with Crippen LogP contribution < -0.4 is 4.90 Å². The predicted octanol–water partition coefficient (Wildman–Crippen LogP) is 4.23. The van der Waals surface area contributed by atoms with E-state index < -0.39 is 0 Å². The topological polar surface area (TPSA) is 35.9 Å². The van der Waals surface area contributed by atoms with Crippen molar-refractivity contribution in [1.29, 1.82) is 0 Å². The number of halogens is 1. The second-order valence-corrected chi connectivity index (χ2v) is 7.44. The standard InChI is InChI=1S/C19H24BrN3O/c1-4-5-9-23-13(2)21-17(19(23)24)12-15-11-16(20)10-14-7-6-8-22(3)18(14)15/h10-12H,4-9H2,1-3H3. The van der Waals surface area contributed by atoms with Crippen LogP contribution >= 0.6 is 15.9 Å². The molecular weight excluding hydrogens is 366 g/mol. The molecule has 0 aliphatic carbocycles. The van der Waals surface area contributed by atoms with Gasteiger partial charge in [0.1, 0.15) is 11.5 Å². The minimum Gasteiger partial charge on any atom is -0.374 e. The molecule has 2 aliphatic rings. The first kappa shape index (κ1) is 17.2. The molecule has 0 N–H and O–H groups in total. The van der Waals surface area contributed by atoms with Gasteiger partial charge in [-0.1, -0.05) is 29.3 Å². The molecule has 0 radical (unpaired) electrons. The molecule has 0 spiro atoms. The molecule has 0 saturated heterocycles. The van der Waals surface area contributed by atoms with Gasteiger partial charge in [-0.25, -0.2) is 4.99 Å². The van der Waals surface area contributed by atoms with E-state index in [1.54, 1.807) is 4.90 Å². The summed E-state index contributed by atoms with van der Waals surface area (Å²) in [5, 5.41) is 0. The van der Waals surface area contributed by atoms with E-state index in [1.807, 2.05) is 13.0 Å². The van der Waals surface area contributed by atoms with E-state index in [2.05, 4.69) is 51.9 Å². The molecule has 1 aromatic rings. The number of hydrogen-bond donors (Lipinski definition) is 0. The normalized spacial score (nSPS) is 19.1. The van der Waals surface area contributed by atoms with E-state index in [9.17, 15) is 4.79 Å². The van der Waals surface area contributed by atoms with Crippen LogP contribution in [0, 0.1) is 0 Å². The Morgan fingerprint density at radius 3 is 2.92 bits per heavy atom. The Hall–Kier alpha value is -1.62. The lowest BCUT2D eigenvalue weighted by atomic mass is 9.97. The molecule has 24 heavy (non-hydrogen) atoms. The summed E-state index contributed by atoms with van der Waals surface area (Å²) in [4.78, 5) is 21.3. The monoisotopic (exact) mass is 389 g/mol. The highest BCUT2D eigenvalue weighted by Crippen LogP contribution is 2.35. The maximum atomic E-state index is 12.7. The lowest BCUT2D eigenvalue weighted by molar-refractivity contribution is -0.122. The Labute approximate surface area is 152 Å². The third kappa shape index (κ3) is 3.27. The quantitative estimate of drug-likeness (QED) is 0.722. The third-order valence-corrected chi connectivity index (χ3v) is 5.13. The average molecular weight is 390 g/mol. The van der Waals surface area contributed by atoms with E-state index in [0.29, 0.717) is 5.70 Å². The molecule has 0 aromatic heterocycles. The van der Waals surface area contributed by atoms with Crippen LogP contribution in [0.15, 0.2) is 27.3 Å². The summed E-state index contributed by atoms with van der Waals surface area (Å²) in [6.45, 7) is 5.84. The van der Waals surface area contributed by atoms with Gasteiger partial charge in [0.05, 0.1) is 0 Å². The SMILES string of the molecule is CCCCN1C(=O)C(=Cc2cc(Br)cc3c2N(C)CCC3)N=C1C. The number of aryl methyl sites for hydroxylation is 1. The van der Waals surface area contributed by atoms with Crippen LogP contribution in [0.1, 0.15) is 44.2 Å². The van der Waals surface area contributed by atoms with Crippen molar-refractivity contribution in [2.24, 2.45) is 4.99 Å². The number of aliphatic imine (C=N–C) groups is 1. The number of nitrogens with zero attached hydrogens (tertiary/aromatic N) is 3. The van der Waals surface area contributed by atoms with Crippen molar-refractivity contribution < 1.29 is 4.79 Å². The number of amides is 1. The first-order chi connectivity index (χ1) is 11.5. The lowest BCUT2D eigenvalue weighted by Crippen LogP contribution is -2.31. The van der Waals surface area contributed by atoms with Crippen LogP contribution in [-0.4, -0.2) is 36.8 Å². The highest BCUT2D eigenvalue weighted by Gasteiger charge is 2.27. The van der Waals surface area contributed by atoms with Crippen LogP contribution in [0.2, 0.25) is 0 Å². The van der Waals surface area contributed by atoms with Gasteiger partial charge >= 0.3 is 0 Å². The van der Waals surface area contributed by atoms with E-state index >= 15 is 0 Å². The summed E-state index contributed by atoms with van der Waals surface area (Å²) in [6, 6.07) is 4.27. The van der Waals surface area contributed by atoms with Gasteiger partial charge in [-0.2, -0.15) is 0 Å². The fourth-order valence-electron chi connectivity index (χ4n) is 3.45. The maximum absolute atomic E-state index is 12.7. The van der Waals surface area contributed by atoms with Crippen molar-refractivity contribution >= 4 is 39.4 Å². The van der Waals surface area contributed by atoms with Gasteiger partial charge < -0.3 is 4.90 Å². The summed E-state index contributed by atoms with van der Waals surface area (Å²) in [7, 11) is 2.12. The zero-order chi connectivity index (χ0) is 17.3. The Morgan fingerprint density at radius 1 is 1.38 bits per heavy atom. The van der Waals surface area contributed by atoms with Gasteiger partial charge in [0, 0.05) is 35.9 Å². The van der Waals surface area contributed by atoms with Crippen molar-refractivity contribution in [2.75, 3.05) is 25.0 Å². The van der Waals surface area contributed by atoms with E-state index in [1.165, 1.54) is 11.3 Å². The van der Waals surface area contributed by atoms with Crippen molar-refractivity contribution in [3.05, 3.63) is 33.4 Å². The van der Waals surface area contributed by atoms with E-state index in [0.717, 1.165) is 54.6 Å². The van der Waals surface area contributed by atoms with E-state index in [4.69, 9.17) is 0 Å². The van der Waals surface area contributed by atoms with Crippen LogP contribution in [-0.2, 0) is 11.2 Å². The van der Waals surface area contributed by atoms with Crippen LogP contribution in [0.25, 0.3) is 6.08 Å². The highest BCUT2D eigenvalue weighted by molar-refractivity contribution is 9.10. The van der Waals surface area contributed by atoms with Crippen LogP contribution in [0.5, 0.6) is 0 Å². The molecular formula is C19H24BrN3O. The van der Waals surface area contributed by atoms with E-state index in [-0.39, 0.29) is 5.91 Å². The molecule has 2 aliphatic heterocycles. The van der Waals surface area contributed by atoms with Gasteiger partial charge in [0.15, 0.2) is 0 Å². The van der Waals surface area contributed by atoms with Crippen molar-refractivity contribution in [2.45, 2.75) is 39.5 Å². The molecule has 0 fully saturated rings. The molecule has 128 valence electrons. The van der Waals surface area contributed by atoms with Gasteiger partial charge in [-0.05, 0) is 50.0 Å². The first-order valence-corrected chi connectivity index (χ1v) is 9.43. The molecule has 4 nitrogen and oxygen atoms in total. The summed E-state index contributed by atoms with van der Waals surface area (Å²) in [5.41, 5.74) is 4.17. The lowest BCUT2D eigenvalue weighted by Gasteiger charge is -2.29. The molecule has 0 atom stereocenters. The summed E-state index contributed by atoms with van der Waals surface area (Å²) >= 11 is 3.60. The average Bonchev–Trinajstić information content (AvgIpc) is 2.79. The zero-order valence-corrected chi connectivity index (χ0v) is 16.2. The molecule has 0 bridgehead atoms. The number of hydrogen-bond acceptors (Lipinski definition) is 3. The zero-order valence-electron chi connectivity index (χ0n) is 14.6. The minimum absolute atomic E-state index is 0.0214. The largest absolute Gasteiger partial charge is 0.374 e. The third-order valence-electron chi connectivity index (χ3n) is 4.67. The second kappa shape index (κ2) is 7.09. The highest BCUT2D eigenvalue weighted by atomic mass is 79.9. The Morgan fingerprint density at radius 2 is 2.17 bits per heavy atom. The minimum atomic E-state index is 0.0214. The number of unbranched alkanes of at least 4 members (excludes halogenated alkanes) is 1. The van der Waals surface area contributed by atoms with Gasteiger partial charge in [0.2, 0.25) is 0 Å². The molecule has 0 saturated carbocycles. The fraction of sp³-hybridized carbons (Fsp3) is 0.474. The predicted molar refractivity (Wildman–Crippen MR) is 103 cm³/mol. The van der Waals surface area contributed by atoms with Gasteiger partial charge in [0.25, 0.3) is 5.91 Å². The first-order valence-electron chi connectivity index (χ1n) is 8.63. The molecule has 5 heteroatoms. The van der Waals surface area contributed by atoms with Crippen LogP contribution in [0.3, 0.4) is 0 Å². The number of fused-ring (bicyclic) bond motifs is 1. The summed E-state index contributed by atoms with van der Waals surface area (Å²) in [6.07, 6.45) is 6.26. The van der Waals surface area contributed by atoms with Gasteiger partial charge in [-0.3, -0.25) is 9.69 Å². The number of carbonyl (C=O) groups excluding carboxylic acids is 1. The molecule has 3 rings (SSSR count). The second-order valence-electron chi connectivity index (χ2n) is 6.53. The Bertz CT molecular complexity index is 724. The number of rotatable bonds is 4. The summed E-state index contributed by atoms with van der Waals surface area (Å²) in [5.74, 6) is 0.824. The fourth-order valence-corrected chi connectivity index (χ4v) is 3.97. The molecule has 1 amide bonds. The Balaban J connectivity index is 1.98.